The lowest BCUT2D eigenvalue weighted by Gasteiger charge is -2.34. The van der Waals surface area contributed by atoms with Gasteiger partial charge in [-0.05, 0) is 55.3 Å². The maximum Gasteiger partial charge on any atom is 0.416 e. The molecule has 7 nitrogen and oxygen atoms in total. The molecule has 2 heterocycles. The standard InChI is InChI=1S/C26H29F3N4O3/c1-31-9-11-32(12-10-31)18-7-8-21(22(13-18)36-2)30-24(34)23-19-14-33(15-20(19)23)25(35)16-3-5-17(6-4-16)26(27,28)29/h3-8,13,19-20,23H,9-12,14-15H2,1-2H3,(H,30,34)/t19-,20+,23?. The highest BCUT2D eigenvalue weighted by atomic mass is 19.4. The smallest absolute Gasteiger partial charge is 0.416 e. The summed E-state index contributed by atoms with van der Waals surface area (Å²) in [5.41, 5.74) is 1.10. The molecular formula is C26H29F3N4O3. The van der Waals surface area contributed by atoms with E-state index in [1.54, 1.807) is 12.0 Å². The number of halogens is 3. The van der Waals surface area contributed by atoms with Gasteiger partial charge in [-0.15, -0.1) is 0 Å². The molecule has 2 amide bonds. The van der Waals surface area contributed by atoms with Crippen molar-refractivity contribution in [1.29, 1.82) is 0 Å². The number of piperazine rings is 1. The van der Waals surface area contributed by atoms with E-state index < -0.39 is 11.7 Å². The van der Waals surface area contributed by atoms with Crippen molar-refractivity contribution in [2.24, 2.45) is 17.8 Å². The molecule has 5 rings (SSSR count). The number of carbonyl (C=O) groups excluding carboxylic acids is 2. The monoisotopic (exact) mass is 502 g/mol. The first kappa shape index (κ1) is 24.4. The quantitative estimate of drug-likeness (QED) is 0.679. The van der Waals surface area contributed by atoms with E-state index in [1.807, 2.05) is 18.2 Å². The van der Waals surface area contributed by atoms with E-state index in [0.29, 0.717) is 24.5 Å². The third kappa shape index (κ3) is 4.74. The normalized spacial score (nSPS) is 23.9. The number of hydrogen-bond donors (Lipinski definition) is 1. The summed E-state index contributed by atoms with van der Waals surface area (Å²) in [6.07, 6.45) is -4.44. The predicted octanol–water partition coefficient (Wildman–Crippen LogP) is 3.42. The van der Waals surface area contributed by atoms with Gasteiger partial charge in [-0.25, -0.2) is 0 Å². The highest BCUT2D eigenvalue weighted by molar-refractivity contribution is 5.98. The molecule has 1 N–H and O–H groups in total. The van der Waals surface area contributed by atoms with Crippen LogP contribution in [0.1, 0.15) is 15.9 Å². The SMILES string of the molecule is COc1cc(N2CCN(C)CC2)ccc1NC(=O)C1[C@H]2CN(C(=O)c3ccc(C(F)(F)F)cc3)C[C@@H]12. The van der Waals surface area contributed by atoms with Gasteiger partial charge in [0.15, 0.2) is 0 Å². The maximum absolute atomic E-state index is 13.0. The number of nitrogens with zero attached hydrogens (tertiary/aromatic N) is 3. The number of benzene rings is 2. The molecule has 3 aliphatic rings. The zero-order valence-electron chi connectivity index (χ0n) is 20.2. The second-order valence-corrected chi connectivity index (χ2v) is 9.80. The van der Waals surface area contributed by atoms with Crippen LogP contribution in [0.25, 0.3) is 0 Å². The van der Waals surface area contributed by atoms with Crippen LogP contribution in [0.3, 0.4) is 0 Å². The van der Waals surface area contributed by atoms with Crippen molar-refractivity contribution >= 4 is 23.2 Å². The fourth-order valence-electron chi connectivity index (χ4n) is 5.33. The maximum atomic E-state index is 13.0. The van der Waals surface area contributed by atoms with Crippen molar-refractivity contribution in [2.45, 2.75) is 6.18 Å². The summed E-state index contributed by atoms with van der Waals surface area (Å²) >= 11 is 0. The molecule has 1 saturated carbocycles. The second-order valence-electron chi connectivity index (χ2n) is 9.80. The van der Waals surface area contributed by atoms with Gasteiger partial charge < -0.3 is 24.8 Å². The molecule has 1 unspecified atom stereocenters. The van der Waals surface area contributed by atoms with Gasteiger partial charge in [-0.3, -0.25) is 9.59 Å². The van der Waals surface area contributed by atoms with Crippen molar-refractivity contribution in [3.05, 3.63) is 53.6 Å². The molecule has 192 valence electrons. The minimum Gasteiger partial charge on any atom is -0.494 e. The molecule has 0 aromatic heterocycles. The number of rotatable bonds is 5. The van der Waals surface area contributed by atoms with Gasteiger partial charge >= 0.3 is 6.18 Å². The number of hydrogen-bond acceptors (Lipinski definition) is 5. The Morgan fingerprint density at radius 1 is 0.972 bits per heavy atom. The molecule has 2 aromatic rings. The van der Waals surface area contributed by atoms with Crippen molar-refractivity contribution in [3.8, 4) is 5.75 Å². The molecule has 3 fully saturated rings. The summed E-state index contributed by atoms with van der Waals surface area (Å²) in [6, 6.07) is 10.0. The molecule has 1 aliphatic carbocycles. The van der Waals surface area contributed by atoms with Crippen LogP contribution in [0.15, 0.2) is 42.5 Å². The molecule has 36 heavy (non-hydrogen) atoms. The Balaban J connectivity index is 1.17. The van der Waals surface area contributed by atoms with Gasteiger partial charge in [-0.1, -0.05) is 0 Å². The number of carbonyl (C=O) groups is 2. The van der Waals surface area contributed by atoms with Crippen LogP contribution < -0.4 is 15.0 Å². The van der Waals surface area contributed by atoms with Crippen LogP contribution in [0.5, 0.6) is 5.75 Å². The van der Waals surface area contributed by atoms with Crippen molar-refractivity contribution < 1.29 is 27.5 Å². The summed E-state index contributed by atoms with van der Waals surface area (Å²) in [4.78, 5) is 31.9. The largest absolute Gasteiger partial charge is 0.494 e. The average Bonchev–Trinajstić information content (AvgIpc) is 3.37. The number of likely N-dealkylation sites (tertiary alicyclic amines) is 1. The molecule has 0 spiro atoms. The van der Waals surface area contributed by atoms with E-state index in [9.17, 15) is 22.8 Å². The number of fused-ring (bicyclic) bond motifs is 1. The summed E-state index contributed by atoms with van der Waals surface area (Å²) in [5, 5.41) is 2.98. The second kappa shape index (κ2) is 9.31. The molecule has 2 aromatic carbocycles. The molecule has 3 atom stereocenters. The molecule has 0 radical (unpaired) electrons. The first-order valence-corrected chi connectivity index (χ1v) is 12.0. The summed E-state index contributed by atoms with van der Waals surface area (Å²) in [7, 11) is 3.68. The van der Waals surface area contributed by atoms with Crippen LogP contribution in [0.4, 0.5) is 24.5 Å². The van der Waals surface area contributed by atoms with Crippen molar-refractivity contribution in [3.63, 3.8) is 0 Å². The van der Waals surface area contributed by atoms with E-state index in [1.165, 1.54) is 12.1 Å². The van der Waals surface area contributed by atoms with E-state index in [-0.39, 0.29) is 35.1 Å². The number of methoxy groups -OCH3 is 1. The fourth-order valence-corrected chi connectivity index (χ4v) is 5.33. The Morgan fingerprint density at radius 2 is 1.61 bits per heavy atom. The minimum atomic E-state index is -4.44. The first-order chi connectivity index (χ1) is 17.2. The van der Waals surface area contributed by atoms with E-state index >= 15 is 0 Å². The summed E-state index contributed by atoms with van der Waals surface area (Å²) in [6.45, 7) is 4.68. The third-order valence-corrected chi connectivity index (χ3v) is 7.55. The Morgan fingerprint density at radius 3 is 2.19 bits per heavy atom. The third-order valence-electron chi connectivity index (χ3n) is 7.55. The molecular weight excluding hydrogens is 473 g/mol. The van der Waals surface area contributed by atoms with Crippen molar-refractivity contribution in [2.75, 3.05) is 63.6 Å². The number of amides is 2. The number of piperidine rings is 1. The van der Waals surface area contributed by atoms with Crippen LogP contribution in [0, 0.1) is 17.8 Å². The average molecular weight is 503 g/mol. The summed E-state index contributed by atoms with van der Waals surface area (Å²) in [5.74, 6) is 0.111. The van der Waals surface area contributed by atoms with Gasteiger partial charge in [0.05, 0.1) is 18.4 Å². The van der Waals surface area contributed by atoms with E-state index in [4.69, 9.17) is 4.74 Å². The summed E-state index contributed by atoms with van der Waals surface area (Å²) < 4.78 is 43.9. The molecule has 10 heteroatoms. The van der Waals surface area contributed by atoms with E-state index in [0.717, 1.165) is 44.0 Å². The van der Waals surface area contributed by atoms with E-state index in [2.05, 4.69) is 22.2 Å². The highest BCUT2D eigenvalue weighted by Crippen LogP contribution is 2.52. The zero-order valence-corrected chi connectivity index (χ0v) is 20.2. The van der Waals surface area contributed by atoms with Crippen molar-refractivity contribution in [1.82, 2.24) is 9.80 Å². The highest BCUT2D eigenvalue weighted by Gasteiger charge is 2.60. The molecule has 0 bridgehead atoms. The van der Waals surface area contributed by atoms with Gasteiger partial charge in [0, 0.05) is 62.5 Å². The van der Waals surface area contributed by atoms with Gasteiger partial charge in [0.1, 0.15) is 5.75 Å². The number of ether oxygens (including phenoxy) is 1. The predicted molar refractivity (Wildman–Crippen MR) is 129 cm³/mol. The Bertz CT molecular complexity index is 1130. The van der Waals surface area contributed by atoms with Gasteiger partial charge in [-0.2, -0.15) is 13.2 Å². The molecule has 2 aliphatic heterocycles. The lowest BCUT2D eigenvalue weighted by molar-refractivity contribution is -0.137. The van der Waals surface area contributed by atoms with Gasteiger partial charge in [0.2, 0.25) is 5.91 Å². The van der Waals surface area contributed by atoms with Gasteiger partial charge in [0.25, 0.3) is 5.91 Å². The number of anilines is 2. The first-order valence-electron chi connectivity index (χ1n) is 12.0. The van der Waals surface area contributed by atoms with Crippen LogP contribution in [0.2, 0.25) is 0 Å². The fraction of sp³-hybridized carbons (Fsp3) is 0.462. The minimum absolute atomic E-state index is 0.0546. The Kier molecular flexibility index (Phi) is 6.32. The number of likely N-dealkylation sites (N-methyl/N-ethyl adjacent to an activating group) is 1. The van der Waals surface area contributed by atoms with Crippen LogP contribution >= 0.6 is 0 Å². The van der Waals surface area contributed by atoms with Crippen LogP contribution in [-0.4, -0.2) is 75.0 Å². The number of nitrogens with one attached hydrogen (secondary N) is 1. The van der Waals surface area contributed by atoms with Crippen LogP contribution in [-0.2, 0) is 11.0 Å². The molecule has 2 saturated heterocycles. The number of alkyl halides is 3. The Hall–Kier alpha value is -3.27. The lowest BCUT2D eigenvalue weighted by atomic mass is 10.1. The Labute approximate surface area is 207 Å². The lowest BCUT2D eigenvalue weighted by Crippen LogP contribution is -2.44. The zero-order chi connectivity index (χ0) is 25.6. The topological polar surface area (TPSA) is 65.1 Å².